The second-order valence-corrected chi connectivity index (χ2v) is 8.30. The molecule has 0 aliphatic heterocycles. The normalized spacial score (nSPS) is 12.6. The van der Waals surface area contributed by atoms with Gasteiger partial charge in [0.05, 0.1) is 17.7 Å². The van der Waals surface area contributed by atoms with Crippen LogP contribution in [0.2, 0.25) is 0 Å². The zero-order valence-electron chi connectivity index (χ0n) is 20.6. The zero-order chi connectivity index (χ0) is 26.1. The highest BCUT2D eigenvalue weighted by Crippen LogP contribution is 2.22. The van der Waals surface area contributed by atoms with Crippen molar-refractivity contribution in [2.75, 3.05) is 18.0 Å². The zero-order valence-corrected chi connectivity index (χ0v) is 20.6. The number of anilines is 1. The Bertz CT molecular complexity index is 1390. The van der Waals surface area contributed by atoms with Crippen molar-refractivity contribution < 1.29 is 9.21 Å². The minimum Gasteiger partial charge on any atom is -0.422 e. The molecule has 2 heterocycles. The Morgan fingerprint density at radius 1 is 1.19 bits per heavy atom. The maximum absolute atomic E-state index is 12.6. The van der Waals surface area contributed by atoms with Gasteiger partial charge in [-0.25, -0.2) is 4.79 Å². The molecule has 184 valence electrons. The third-order valence-electron chi connectivity index (χ3n) is 5.57. The maximum Gasteiger partial charge on any atom is 0.345 e. The van der Waals surface area contributed by atoms with Crippen LogP contribution in [0.1, 0.15) is 48.3 Å². The smallest absolute Gasteiger partial charge is 0.345 e. The van der Waals surface area contributed by atoms with Crippen LogP contribution in [0.5, 0.6) is 0 Å². The number of nitriles is 2. The molecule has 0 bridgehead atoms. The third kappa shape index (κ3) is 6.13. The van der Waals surface area contributed by atoms with Crippen LogP contribution in [0.25, 0.3) is 11.0 Å². The lowest BCUT2D eigenvalue weighted by atomic mass is 10.1. The minimum absolute atomic E-state index is 0.137. The highest BCUT2D eigenvalue weighted by atomic mass is 16.4. The number of carbonyl (C=O) groups is 1. The minimum atomic E-state index is -1.24. The molecule has 9 heteroatoms. The standard InChI is InChI=1S/C27H28N6O3/c1-4-11-33(12-5-2)21-9-8-19-13-20(27(35)36-24(19)14-21)17-31-22(15-28)23(16-29)32-26(34)25-18(3)7-6-10-30-25/h6-10,13-14,17,22-23H,4-5,11-12H2,1-3H3,(H,32,34). The van der Waals surface area contributed by atoms with Gasteiger partial charge in [-0.3, -0.25) is 14.8 Å². The van der Waals surface area contributed by atoms with Crippen molar-refractivity contribution in [3.8, 4) is 12.1 Å². The second kappa shape index (κ2) is 12.3. The molecule has 0 saturated carbocycles. The van der Waals surface area contributed by atoms with Crippen LogP contribution >= 0.6 is 0 Å². The fraction of sp³-hybridized carbons (Fsp3) is 0.333. The highest BCUT2D eigenvalue weighted by molar-refractivity contribution is 5.94. The van der Waals surface area contributed by atoms with Gasteiger partial charge < -0.3 is 14.6 Å². The van der Waals surface area contributed by atoms with E-state index in [1.165, 1.54) is 12.4 Å². The molecule has 2 unspecified atom stereocenters. The van der Waals surface area contributed by atoms with E-state index in [9.17, 15) is 20.1 Å². The highest BCUT2D eigenvalue weighted by Gasteiger charge is 2.24. The van der Waals surface area contributed by atoms with Gasteiger partial charge >= 0.3 is 5.63 Å². The number of aliphatic imine (C=N–C) groups is 1. The Hall–Kier alpha value is -4.50. The molecule has 2 atom stereocenters. The topological polar surface area (TPSA) is 135 Å². The summed E-state index contributed by atoms with van der Waals surface area (Å²) < 4.78 is 5.53. The lowest BCUT2D eigenvalue weighted by Gasteiger charge is -2.23. The Morgan fingerprint density at radius 2 is 1.94 bits per heavy atom. The van der Waals surface area contributed by atoms with Crippen molar-refractivity contribution in [3.63, 3.8) is 0 Å². The van der Waals surface area contributed by atoms with E-state index in [2.05, 4.69) is 34.0 Å². The van der Waals surface area contributed by atoms with Gasteiger partial charge in [0.25, 0.3) is 5.91 Å². The van der Waals surface area contributed by atoms with Gasteiger partial charge in [0.2, 0.25) is 0 Å². The number of nitrogens with one attached hydrogen (secondary N) is 1. The summed E-state index contributed by atoms with van der Waals surface area (Å²) in [6.45, 7) is 7.76. The van der Waals surface area contributed by atoms with Crippen LogP contribution in [0.3, 0.4) is 0 Å². The Kier molecular flexibility index (Phi) is 8.90. The molecule has 1 aromatic carbocycles. The molecule has 2 aromatic heterocycles. The fourth-order valence-electron chi connectivity index (χ4n) is 3.78. The number of carbonyl (C=O) groups excluding carboxylic acids is 1. The molecule has 3 rings (SSSR count). The number of nitrogens with zero attached hydrogens (tertiary/aromatic N) is 5. The molecule has 0 radical (unpaired) electrons. The van der Waals surface area contributed by atoms with Crippen molar-refractivity contribution >= 4 is 28.8 Å². The van der Waals surface area contributed by atoms with Gasteiger partial charge in [-0.1, -0.05) is 19.9 Å². The monoisotopic (exact) mass is 484 g/mol. The van der Waals surface area contributed by atoms with Crippen molar-refractivity contribution in [1.82, 2.24) is 10.3 Å². The van der Waals surface area contributed by atoms with Gasteiger partial charge in [-0.15, -0.1) is 0 Å². The first kappa shape index (κ1) is 26.1. The van der Waals surface area contributed by atoms with Gasteiger partial charge in [-0.05, 0) is 49.6 Å². The molecular weight excluding hydrogens is 456 g/mol. The fourth-order valence-corrected chi connectivity index (χ4v) is 3.78. The maximum atomic E-state index is 12.6. The van der Waals surface area contributed by atoms with E-state index < -0.39 is 23.6 Å². The van der Waals surface area contributed by atoms with Gasteiger partial charge in [0.15, 0.2) is 12.1 Å². The molecule has 1 amide bonds. The number of hydrogen-bond acceptors (Lipinski definition) is 8. The number of amides is 1. The van der Waals surface area contributed by atoms with E-state index >= 15 is 0 Å². The summed E-state index contributed by atoms with van der Waals surface area (Å²) in [5.41, 5.74) is 1.75. The number of rotatable bonds is 10. The Balaban J connectivity index is 1.83. The number of benzene rings is 1. The average molecular weight is 485 g/mol. The van der Waals surface area contributed by atoms with E-state index in [1.54, 1.807) is 25.1 Å². The van der Waals surface area contributed by atoms with Crippen LogP contribution in [-0.2, 0) is 0 Å². The summed E-state index contributed by atoms with van der Waals surface area (Å²) in [5.74, 6) is -0.587. The molecule has 0 spiro atoms. The average Bonchev–Trinajstić information content (AvgIpc) is 2.88. The number of aryl methyl sites for hydroxylation is 1. The van der Waals surface area contributed by atoms with E-state index in [-0.39, 0.29) is 11.3 Å². The molecule has 0 fully saturated rings. The molecule has 3 aromatic rings. The number of fused-ring (bicyclic) bond motifs is 1. The van der Waals surface area contributed by atoms with Gasteiger partial charge in [0, 0.05) is 42.6 Å². The summed E-state index contributed by atoms with van der Waals surface area (Å²) in [5, 5.41) is 22.3. The predicted octanol–water partition coefficient (Wildman–Crippen LogP) is 3.76. The van der Waals surface area contributed by atoms with Crippen LogP contribution in [0.15, 0.2) is 56.8 Å². The lowest BCUT2D eigenvalue weighted by molar-refractivity contribution is 0.0938. The van der Waals surface area contributed by atoms with E-state index in [0.717, 1.165) is 31.6 Å². The first-order chi connectivity index (χ1) is 17.4. The van der Waals surface area contributed by atoms with Crippen LogP contribution in [-0.4, -0.2) is 42.3 Å². The second-order valence-electron chi connectivity index (χ2n) is 8.30. The van der Waals surface area contributed by atoms with Crippen LogP contribution in [0.4, 0.5) is 5.69 Å². The largest absolute Gasteiger partial charge is 0.422 e. The summed E-state index contributed by atoms with van der Waals surface area (Å²) in [4.78, 5) is 35.5. The lowest BCUT2D eigenvalue weighted by Crippen LogP contribution is -2.41. The van der Waals surface area contributed by atoms with E-state index in [0.29, 0.717) is 16.5 Å². The molecule has 1 N–H and O–H groups in total. The molecule has 0 aliphatic carbocycles. The Labute approximate surface area is 209 Å². The number of aromatic nitrogens is 1. The van der Waals surface area contributed by atoms with Gasteiger partial charge in [-0.2, -0.15) is 10.5 Å². The van der Waals surface area contributed by atoms with E-state index in [4.69, 9.17) is 4.42 Å². The van der Waals surface area contributed by atoms with Crippen molar-refractivity contribution in [3.05, 3.63) is 69.8 Å². The summed E-state index contributed by atoms with van der Waals surface area (Å²) in [6.07, 6.45) is 4.68. The van der Waals surface area contributed by atoms with Crippen LogP contribution < -0.4 is 15.8 Å². The van der Waals surface area contributed by atoms with Crippen molar-refractivity contribution in [2.45, 2.75) is 45.7 Å². The summed E-state index contributed by atoms with van der Waals surface area (Å²) in [6, 6.07) is 12.1. The Morgan fingerprint density at radius 3 is 2.58 bits per heavy atom. The van der Waals surface area contributed by atoms with E-state index in [1.807, 2.05) is 30.3 Å². The third-order valence-corrected chi connectivity index (χ3v) is 5.57. The van der Waals surface area contributed by atoms with Crippen molar-refractivity contribution in [2.24, 2.45) is 4.99 Å². The molecule has 0 aliphatic rings. The van der Waals surface area contributed by atoms with Crippen LogP contribution in [0, 0.1) is 29.6 Å². The predicted molar refractivity (Wildman–Crippen MR) is 138 cm³/mol. The molecule has 9 nitrogen and oxygen atoms in total. The summed E-state index contributed by atoms with van der Waals surface area (Å²) >= 11 is 0. The molecular formula is C27H28N6O3. The summed E-state index contributed by atoms with van der Waals surface area (Å²) in [7, 11) is 0. The first-order valence-corrected chi connectivity index (χ1v) is 11.8. The number of pyridine rings is 1. The molecule has 36 heavy (non-hydrogen) atoms. The molecule has 0 saturated heterocycles. The first-order valence-electron chi connectivity index (χ1n) is 11.8. The van der Waals surface area contributed by atoms with Gasteiger partial charge in [0.1, 0.15) is 11.3 Å². The SMILES string of the molecule is CCCN(CCC)c1ccc2cc(C=NC(C#N)C(C#N)NC(=O)c3ncccc3C)c(=O)oc2c1. The quantitative estimate of drug-likeness (QED) is 0.342. The number of hydrogen-bond donors (Lipinski definition) is 1. The van der Waals surface area contributed by atoms with Crippen molar-refractivity contribution in [1.29, 1.82) is 10.5 Å².